The number of aromatic nitrogens is 4. The molecule has 0 radical (unpaired) electrons. The van der Waals surface area contributed by atoms with Gasteiger partial charge in [0.25, 0.3) is 5.56 Å². The van der Waals surface area contributed by atoms with Crippen LogP contribution in [-0.4, -0.2) is 42.0 Å². The molecule has 1 unspecified atom stereocenters. The Labute approximate surface area is 114 Å². The first-order chi connectivity index (χ1) is 9.45. The Kier molecular flexibility index (Phi) is 4.05. The van der Waals surface area contributed by atoms with Gasteiger partial charge in [-0.25, -0.2) is 9.78 Å². The molecule has 0 saturated heterocycles. The van der Waals surface area contributed by atoms with Crippen molar-refractivity contribution in [1.29, 1.82) is 0 Å². The van der Waals surface area contributed by atoms with Crippen molar-refractivity contribution >= 4 is 11.2 Å². The Balaban J connectivity index is 2.35. The number of fused-ring (bicyclic) bond motifs is 1. The maximum Gasteiger partial charge on any atom is 0.329 e. The van der Waals surface area contributed by atoms with E-state index in [9.17, 15) is 14.7 Å². The van der Waals surface area contributed by atoms with Gasteiger partial charge in [0.05, 0.1) is 12.7 Å². The van der Waals surface area contributed by atoms with E-state index in [4.69, 9.17) is 5.11 Å². The van der Waals surface area contributed by atoms with Crippen molar-refractivity contribution in [2.24, 2.45) is 14.1 Å². The maximum absolute atomic E-state index is 11.8. The van der Waals surface area contributed by atoms with E-state index in [1.807, 2.05) is 0 Å². The van der Waals surface area contributed by atoms with Crippen LogP contribution < -0.4 is 11.2 Å². The van der Waals surface area contributed by atoms with Gasteiger partial charge in [0.2, 0.25) is 0 Å². The summed E-state index contributed by atoms with van der Waals surface area (Å²) in [4.78, 5) is 29.9. The fraction of sp³-hybridized carbons (Fsp3) is 0.583. The Morgan fingerprint density at radius 3 is 2.65 bits per heavy atom. The molecule has 0 aromatic carbocycles. The van der Waals surface area contributed by atoms with Crippen molar-refractivity contribution in [3.63, 3.8) is 0 Å². The van der Waals surface area contributed by atoms with E-state index in [0.29, 0.717) is 36.3 Å². The number of rotatable bonds is 5. The number of imidazole rings is 1. The van der Waals surface area contributed by atoms with Gasteiger partial charge in [0.1, 0.15) is 5.82 Å². The quantitative estimate of drug-likeness (QED) is 0.626. The molecule has 8 nitrogen and oxygen atoms in total. The third kappa shape index (κ3) is 2.52. The monoisotopic (exact) mass is 282 g/mol. The van der Waals surface area contributed by atoms with Crippen molar-refractivity contribution in [2.75, 3.05) is 6.61 Å². The summed E-state index contributed by atoms with van der Waals surface area (Å²) < 4.78 is 2.95. The minimum Gasteiger partial charge on any atom is -0.394 e. The summed E-state index contributed by atoms with van der Waals surface area (Å²) in [5, 5.41) is 18.0. The molecule has 0 bridgehead atoms. The highest BCUT2D eigenvalue weighted by Gasteiger charge is 2.14. The Bertz CT molecular complexity index is 727. The second-order valence-electron chi connectivity index (χ2n) is 4.81. The van der Waals surface area contributed by atoms with E-state index >= 15 is 0 Å². The summed E-state index contributed by atoms with van der Waals surface area (Å²) in [6, 6.07) is 0. The van der Waals surface area contributed by atoms with Crippen LogP contribution in [0.25, 0.3) is 11.2 Å². The van der Waals surface area contributed by atoms with Crippen molar-refractivity contribution in [3.05, 3.63) is 26.7 Å². The van der Waals surface area contributed by atoms with E-state index < -0.39 is 17.4 Å². The summed E-state index contributed by atoms with van der Waals surface area (Å²) in [7, 11) is 3.26. The molecule has 0 aliphatic carbocycles. The van der Waals surface area contributed by atoms with Gasteiger partial charge in [-0.3, -0.25) is 14.3 Å². The number of aryl methyl sites for hydroxylation is 3. The first-order valence-electron chi connectivity index (χ1n) is 6.39. The number of nitrogens with zero attached hydrogens (tertiary/aromatic N) is 3. The molecule has 0 saturated carbocycles. The van der Waals surface area contributed by atoms with Gasteiger partial charge in [-0.15, -0.1) is 0 Å². The van der Waals surface area contributed by atoms with Gasteiger partial charge in [0.15, 0.2) is 11.2 Å². The summed E-state index contributed by atoms with van der Waals surface area (Å²) in [5.74, 6) is 0.664. The fourth-order valence-corrected chi connectivity index (χ4v) is 2.16. The standard InChI is InChI=1S/C12H18N4O4/c1-15-8(5-3-4-7(18)6-17)13-10-9(15)11(19)14-12(20)16(10)2/h7,17-18H,3-6H2,1-2H3,(H,14,19,20). The predicted octanol–water partition coefficient (Wildman–Crippen LogP) is -1.36. The number of hydrogen-bond donors (Lipinski definition) is 3. The lowest BCUT2D eigenvalue weighted by molar-refractivity contribution is 0.0865. The highest BCUT2D eigenvalue weighted by Crippen LogP contribution is 2.11. The van der Waals surface area contributed by atoms with E-state index in [1.54, 1.807) is 18.7 Å². The number of aliphatic hydroxyl groups is 2. The average molecular weight is 282 g/mol. The Hall–Kier alpha value is -1.93. The third-order valence-corrected chi connectivity index (χ3v) is 3.38. The SMILES string of the molecule is Cn1c(CCCC(O)CO)nc2c1c(=O)[nH]c(=O)n2C. The Morgan fingerprint density at radius 2 is 2.00 bits per heavy atom. The number of aromatic amines is 1. The zero-order valence-corrected chi connectivity index (χ0v) is 11.5. The summed E-state index contributed by atoms with van der Waals surface area (Å²) in [6.45, 7) is -0.267. The average Bonchev–Trinajstić information content (AvgIpc) is 2.74. The van der Waals surface area contributed by atoms with Crippen LogP contribution in [0.5, 0.6) is 0 Å². The number of H-pyrrole nitrogens is 1. The van der Waals surface area contributed by atoms with Gasteiger partial charge >= 0.3 is 5.69 Å². The Morgan fingerprint density at radius 1 is 1.30 bits per heavy atom. The van der Waals surface area contributed by atoms with E-state index in [1.165, 1.54) is 4.57 Å². The first kappa shape index (κ1) is 14.5. The minimum atomic E-state index is -0.738. The summed E-state index contributed by atoms with van der Waals surface area (Å²) in [6.07, 6.45) is 0.896. The molecule has 0 fully saturated rings. The lowest BCUT2D eigenvalue weighted by atomic mass is 10.1. The number of nitrogens with one attached hydrogen (secondary N) is 1. The maximum atomic E-state index is 11.8. The van der Waals surface area contributed by atoms with Gasteiger partial charge in [0, 0.05) is 20.5 Å². The topological polar surface area (TPSA) is 113 Å². The largest absolute Gasteiger partial charge is 0.394 e. The van der Waals surface area contributed by atoms with Crippen LogP contribution in [0.1, 0.15) is 18.7 Å². The summed E-state index contributed by atoms with van der Waals surface area (Å²) in [5.41, 5.74) is -0.258. The van der Waals surface area contributed by atoms with Crippen LogP contribution in [0.4, 0.5) is 0 Å². The normalized spacial score (nSPS) is 13.0. The van der Waals surface area contributed by atoms with E-state index in [-0.39, 0.29) is 6.61 Å². The molecule has 0 spiro atoms. The molecule has 2 aromatic rings. The van der Waals surface area contributed by atoms with Crippen molar-refractivity contribution < 1.29 is 10.2 Å². The van der Waals surface area contributed by atoms with Crippen LogP contribution >= 0.6 is 0 Å². The van der Waals surface area contributed by atoms with Crippen LogP contribution in [0, 0.1) is 0 Å². The van der Waals surface area contributed by atoms with Gasteiger partial charge in [-0.2, -0.15) is 0 Å². The number of aliphatic hydroxyl groups excluding tert-OH is 2. The molecule has 2 heterocycles. The molecule has 2 aromatic heterocycles. The van der Waals surface area contributed by atoms with Crippen molar-refractivity contribution in [2.45, 2.75) is 25.4 Å². The first-order valence-corrected chi connectivity index (χ1v) is 6.39. The lowest BCUT2D eigenvalue weighted by Crippen LogP contribution is -2.29. The van der Waals surface area contributed by atoms with Gasteiger partial charge < -0.3 is 14.8 Å². The zero-order chi connectivity index (χ0) is 14.9. The van der Waals surface area contributed by atoms with Crippen LogP contribution in [0.2, 0.25) is 0 Å². The van der Waals surface area contributed by atoms with Crippen molar-refractivity contribution in [3.8, 4) is 0 Å². The molecule has 0 aliphatic heterocycles. The predicted molar refractivity (Wildman–Crippen MR) is 72.6 cm³/mol. The second kappa shape index (κ2) is 5.59. The zero-order valence-electron chi connectivity index (χ0n) is 11.5. The molecule has 110 valence electrons. The van der Waals surface area contributed by atoms with Crippen LogP contribution in [0.15, 0.2) is 9.59 Å². The second-order valence-corrected chi connectivity index (χ2v) is 4.81. The molecule has 3 N–H and O–H groups in total. The molecule has 1 atom stereocenters. The highest BCUT2D eigenvalue weighted by molar-refractivity contribution is 5.70. The summed E-state index contributed by atoms with van der Waals surface area (Å²) >= 11 is 0. The van der Waals surface area contributed by atoms with Crippen LogP contribution in [0.3, 0.4) is 0 Å². The molecule has 0 amide bonds. The van der Waals surface area contributed by atoms with Crippen LogP contribution in [-0.2, 0) is 20.5 Å². The molecule has 20 heavy (non-hydrogen) atoms. The smallest absolute Gasteiger partial charge is 0.329 e. The molecule has 2 rings (SSSR count). The van der Waals surface area contributed by atoms with E-state index in [0.717, 1.165) is 0 Å². The molecule has 0 aliphatic rings. The molecule has 8 heteroatoms. The highest BCUT2D eigenvalue weighted by atomic mass is 16.3. The lowest BCUT2D eigenvalue weighted by Gasteiger charge is -2.06. The van der Waals surface area contributed by atoms with Gasteiger partial charge in [-0.1, -0.05) is 0 Å². The number of hydrogen-bond acceptors (Lipinski definition) is 5. The fourth-order valence-electron chi connectivity index (χ4n) is 2.16. The third-order valence-electron chi connectivity index (χ3n) is 3.38. The van der Waals surface area contributed by atoms with Crippen molar-refractivity contribution in [1.82, 2.24) is 19.1 Å². The molecular weight excluding hydrogens is 264 g/mol. The minimum absolute atomic E-state index is 0.267. The van der Waals surface area contributed by atoms with E-state index in [2.05, 4.69) is 9.97 Å². The van der Waals surface area contributed by atoms with Gasteiger partial charge in [-0.05, 0) is 12.8 Å². The molecular formula is C12H18N4O4.